The summed E-state index contributed by atoms with van der Waals surface area (Å²) in [5.41, 5.74) is 0.603. The Kier molecular flexibility index (Phi) is 14.4. The van der Waals surface area contributed by atoms with Gasteiger partial charge in [0.05, 0.1) is 0 Å². The largest absolute Gasteiger partial charge is 0.445 e. The topological polar surface area (TPSA) is 124 Å². The Balaban J connectivity index is 0.000000278. The minimum atomic E-state index is -0.764. The zero-order valence-corrected chi connectivity index (χ0v) is 34.8. The van der Waals surface area contributed by atoms with Gasteiger partial charge in [0.2, 0.25) is 0 Å². The van der Waals surface area contributed by atoms with Gasteiger partial charge in [0.15, 0.2) is 0 Å². The molecule has 4 amide bonds. The van der Waals surface area contributed by atoms with Crippen LogP contribution in [0.1, 0.15) is 124 Å². The van der Waals surface area contributed by atoms with Crippen molar-refractivity contribution in [1.82, 2.24) is 15.1 Å². The van der Waals surface area contributed by atoms with E-state index in [4.69, 9.17) is 18.9 Å². The molecule has 2 saturated carbocycles. The lowest BCUT2D eigenvalue weighted by Gasteiger charge is -2.42. The van der Waals surface area contributed by atoms with Crippen molar-refractivity contribution in [2.24, 2.45) is 23.7 Å². The van der Waals surface area contributed by atoms with Crippen LogP contribution in [0.3, 0.4) is 0 Å². The molecule has 11 nitrogen and oxygen atoms in total. The first kappa shape index (κ1) is 42.9. The van der Waals surface area contributed by atoms with Gasteiger partial charge in [0.25, 0.3) is 0 Å². The van der Waals surface area contributed by atoms with Crippen LogP contribution in [0.15, 0.2) is 60.7 Å². The molecular formula is C45H65N3O8. The summed E-state index contributed by atoms with van der Waals surface area (Å²) in [5.74, 6) is 2.47. The number of imide groups is 1. The molecule has 0 aromatic heterocycles. The summed E-state index contributed by atoms with van der Waals surface area (Å²) in [5, 5.41) is 3.01. The Morgan fingerprint density at radius 2 is 1.16 bits per heavy atom. The van der Waals surface area contributed by atoms with Crippen molar-refractivity contribution < 1.29 is 38.1 Å². The molecule has 4 fully saturated rings. The Morgan fingerprint density at radius 3 is 1.66 bits per heavy atom. The van der Waals surface area contributed by atoms with Gasteiger partial charge in [0, 0.05) is 24.2 Å². The van der Waals surface area contributed by atoms with Gasteiger partial charge in [-0.25, -0.2) is 24.1 Å². The van der Waals surface area contributed by atoms with Crippen molar-refractivity contribution in [2.75, 3.05) is 0 Å². The van der Waals surface area contributed by atoms with E-state index in [1.165, 1.54) is 32.1 Å². The van der Waals surface area contributed by atoms with Gasteiger partial charge in [-0.05, 0) is 135 Å². The van der Waals surface area contributed by atoms with Crippen LogP contribution in [0.4, 0.5) is 19.2 Å². The highest BCUT2D eigenvalue weighted by Gasteiger charge is 2.48. The van der Waals surface area contributed by atoms with E-state index in [1.807, 2.05) is 93.3 Å². The minimum absolute atomic E-state index is 0.00228. The van der Waals surface area contributed by atoms with Gasteiger partial charge < -0.3 is 29.2 Å². The first-order valence-electron chi connectivity index (χ1n) is 20.7. The quantitative estimate of drug-likeness (QED) is 0.263. The molecule has 6 rings (SSSR count). The van der Waals surface area contributed by atoms with E-state index in [-0.39, 0.29) is 49.4 Å². The number of nitrogens with one attached hydrogen (secondary N) is 1. The number of nitrogens with zero attached hydrogens (tertiary/aromatic N) is 2. The molecule has 308 valence electrons. The third kappa shape index (κ3) is 12.4. The van der Waals surface area contributed by atoms with Crippen molar-refractivity contribution in [3.8, 4) is 0 Å². The van der Waals surface area contributed by atoms with Gasteiger partial charge in [0.1, 0.15) is 24.4 Å². The Morgan fingerprint density at radius 1 is 0.661 bits per heavy atom. The second-order valence-corrected chi connectivity index (χ2v) is 18.4. The highest BCUT2D eigenvalue weighted by Crippen LogP contribution is 2.45. The molecule has 56 heavy (non-hydrogen) atoms. The van der Waals surface area contributed by atoms with Crippen LogP contribution in [0.25, 0.3) is 0 Å². The lowest BCUT2D eigenvalue weighted by molar-refractivity contribution is -0.00289. The monoisotopic (exact) mass is 775 g/mol. The van der Waals surface area contributed by atoms with Crippen molar-refractivity contribution in [3.63, 3.8) is 0 Å². The summed E-state index contributed by atoms with van der Waals surface area (Å²) >= 11 is 0. The maximum absolute atomic E-state index is 13.2. The highest BCUT2D eigenvalue weighted by atomic mass is 16.6. The number of hydrogen-bond donors (Lipinski definition) is 1. The maximum Gasteiger partial charge on any atom is 0.420 e. The van der Waals surface area contributed by atoms with Crippen LogP contribution >= 0.6 is 0 Å². The van der Waals surface area contributed by atoms with Crippen molar-refractivity contribution >= 4 is 24.4 Å². The van der Waals surface area contributed by atoms with Gasteiger partial charge in [-0.3, -0.25) is 0 Å². The fourth-order valence-corrected chi connectivity index (χ4v) is 9.00. The number of hydrogen-bond acceptors (Lipinski definition) is 8. The molecule has 4 unspecified atom stereocenters. The summed E-state index contributed by atoms with van der Waals surface area (Å²) in [6, 6.07) is 18.7. The fourth-order valence-electron chi connectivity index (χ4n) is 9.00. The number of carbonyl (C=O) groups excluding carboxylic acids is 4. The molecular weight excluding hydrogens is 711 g/mol. The average Bonchev–Trinajstić information content (AvgIpc) is 3.61. The number of rotatable bonds is 8. The Bertz CT molecular complexity index is 1580. The first-order valence-corrected chi connectivity index (χ1v) is 20.7. The molecule has 0 radical (unpaired) electrons. The van der Waals surface area contributed by atoms with E-state index in [2.05, 4.69) is 12.2 Å². The number of alkyl carbamates (subject to hydrolysis) is 1. The maximum atomic E-state index is 13.2. The third-order valence-electron chi connectivity index (χ3n) is 11.6. The summed E-state index contributed by atoms with van der Waals surface area (Å²) in [4.78, 5) is 54.1. The highest BCUT2D eigenvalue weighted by molar-refractivity contribution is 5.88. The molecule has 0 spiro atoms. The van der Waals surface area contributed by atoms with E-state index in [0.717, 1.165) is 40.7 Å². The molecule has 2 aromatic rings. The van der Waals surface area contributed by atoms with Crippen LogP contribution in [0.2, 0.25) is 0 Å². The molecule has 4 aliphatic rings. The Hall–Kier alpha value is -4.28. The van der Waals surface area contributed by atoms with E-state index < -0.39 is 29.4 Å². The molecule has 2 saturated heterocycles. The van der Waals surface area contributed by atoms with Gasteiger partial charge in [-0.2, -0.15) is 0 Å². The third-order valence-corrected chi connectivity index (χ3v) is 11.6. The van der Waals surface area contributed by atoms with E-state index in [0.29, 0.717) is 18.8 Å². The smallest absolute Gasteiger partial charge is 0.420 e. The average molecular weight is 776 g/mol. The van der Waals surface area contributed by atoms with Crippen LogP contribution in [-0.4, -0.2) is 69.5 Å². The molecule has 2 aromatic carbocycles. The Labute approximate surface area is 334 Å². The standard InChI is InChI=1S/C30H38N2O6.C15H27NO2/c1-21(31(29(35)38-30(2,3)4)27(33)36-19-22-11-7-5-8-12-22)24-17-25-15-16-26(18-24)32(25)28(34)37-20-23-13-9-6-10-14-23;1-10(16-14(17)18-15(2,3)4)13-8-11-5-6-12(7-11)9-13/h5-14,21,24-26H,15-20H2,1-4H3;10-13H,5-9H2,1-4H3,(H,16,17)/t21-,24?,25?,26?;10-,11?,12?,13?/m11/s1. The van der Waals surface area contributed by atoms with E-state index in [1.54, 1.807) is 20.8 Å². The normalized spacial score (nSPS) is 25.1. The predicted molar refractivity (Wildman–Crippen MR) is 215 cm³/mol. The second-order valence-electron chi connectivity index (χ2n) is 18.4. The van der Waals surface area contributed by atoms with Gasteiger partial charge in [-0.1, -0.05) is 73.5 Å². The number of piperidine rings is 1. The molecule has 2 heterocycles. The molecule has 2 aliphatic carbocycles. The molecule has 11 heteroatoms. The molecule has 1 N–H and O–H groups in total. The predicted octanol–water partition coefficient (Wildman–Crippen LogP) is 10.3. The second kappa shape index (κ2) is 18.8. The van der Waals surface area contributed by atoms with Crippen LogP contribution in [0.5, 0.6) is 0 Å². The van der Waals surface area contributed by atoms with Gasteiger partial charge >= 0.3 is 24.4 Å². The lowest BCUT2D eigenvalue weighted by Crippen LogP contribution is -2.54. The van der Waals surface area contributed by atoms with Crippen LogP contribution in [-0.2, 0) is 32.2 Å². The van der Waals surface area contributed by atoms with E-state index >= 15 is 0 Å². The van der Waals surface area contributed by atoms with Crippen LogP contribution in [0, 0.1) is 23.7 Å². The van der Waals surface area contributed by atoms with Gasteiger partial charge in [-0.15, -0.1) is 0 Å². The zero-order chi connectivity index (χ0) is 40.6. The minimum Gasteiger partial charge on any atom is -0.445 e. The van der Waals surface area contributed by atoms with Crippen molar-refractivity contribution in [3.05, 3.63) is 71.8 Å². The van der Waals surface area contributed by atoms with Crippen molar-refractivity contribution in [2.45, 2.75) is 162 Å². The summed E-state index contributed by atoms with van der Waals surface area (Å²) in [6.07, 6.45) is 7.86. The molecule has 4 bridgehead atoms. The zero-order valence-electron chi connectivity index (χ0n) is 34.8. The summed E-state index contributed by atoms with van der Waals surface area (Å²) < 4.78 is 22.1. The van der Waals surface area contributed by atoms with Crippen molar-refractivity contribution in [1.29, 1.82) is 0 Å². The SMILES string of the molecule is C[C@@H](NC(=O)OC(C)(C)C)C1CC2CCC(C2)C1.C[C@H](C1CC2CCC(C1)N2C(=O)OCc1ccccc1)N(C(=O)OCc1ccccc1)C(=O)OC(C)(C)C. The number of amides is 4. The number of carbonyl (C=O) groups is 4. The number of benzene rings is 2. The molecule has 6 atom stereocenters. The number of fused-ring (bicyclic) bond motifs is 4. The number of ether oxygens (including phenoxy) is 4. The van der Waals surface area contributed by atoms with E-state index in [9.17, 15) is 19.2 Å². The molecule has 2 aliphatic heterocycles. The summed E-state index contributed by atoms with van der Waals surface area (Å²) in [6.45, 7) is 15.3. The van der Waals surface area contributed by atoms with Crippen LogP contribution < -0.4 is 5.32 Å². The summed E-state index contributed by atoms with van der Waals surface area (Å²) in [7, 11) is 0. The lowest BCUT2D eigenvalue weighted by atomic mass is 9.78. The first-order chi connectivity index (χ1) is 26.5. The fraction of sp³-hybridized carbons (Fsp3) is 0.644.